The summed E-state index contributed by atoms with van der Waals surface area (Å²) < 4.78 is 6.09. The maximum Gasteiger partial charge on any atom is 0.355 e. The number of ether oxygens (including phenoxy) is 1. The number of hydrogen-bond donors (Lipinski definition) is 1. The molecule has 0 spiro atoms. The van der Waals surface area contributed by atoms with Gasteiger partial charge in [-0.05, 0) is 0 Å². The lowest BCUT2D eigenvalue weighted by molar-refractivity contribution is 0.0680. The molecule has 0 aromatic carbocycles. The predicted molar refractivity (Wildman–Crippen MR) is 46.1 cm³/mol. The third kappa shape index (κ3) is 2.19. The molecule has 1 heterocycles. The van der Waals surface area contributed by atoms with Crippen molar-refractivity contribution in [2.75, 3.05) is 13.7 Å². The summed E-state index contributed by atoms with van der Waals surface area (Å²) in [5.41, 5.74) is -0.00119. The zero-order valence-electron chi connectivity index (χ0n) is 7.03. The molecule has 1 aromatic rings. The largest absolute Gasteiger partial charge is 0.476 e. The Hall–Kier alpha value is -1.07. The van der Waals surface area contributed by atoms with Crippen LogP contribution in [0.5, 0.6) is 0 Å². The first-order valence-corrected chi connectivity index (χ1v) is 3.98. The van der Waals surface area contributed by atoms with E-state index in [1.165, 1.54) is 18.0 Å². The summed E-state index contributed by atoms with van der Waals surface area (Å²) >= 11 is 5.61. The minimum Gasteiger partial charge on any atom is -0.476 e. The molecule has 13 heavy (non-hydrogen) atoms. The van der Waals surface area contributed by atoms with Gasteiger partial charge in [0.05, 0.1) is 24.4 Å². The van der Waals surface area contributed by atoms with Crippen LogP contribution in [0, 0.1) is 0 Å². The summed E-state index contributed by atoms with van der Waals surface area (Å²) in [6.45, 7) is 0.781. The second kappa shape index (κ2) is 4.25. The molecule has 0 unspecified atom stereocenters. The molecule has 0 atom stereocenters. The van der Waals surface area contributed by atoms with Crippen LogP contribution in [0.25, 0.3) is 0 Å². The van der Waals surface area contributed by atoms with Gasteiger partial charge in [-0.1, -0.05) is 11.6 Å². The fourth-order valence-electron chi connectivity index (χ4n) is 0.922. The van der Waals surface area contributed by atoms with E-state index in [1.807, 2.05) is 0 Å². The first kappa shape index (κ1) is 10.0. The van der Waals surface area contributed by atoms with Gasteiger partial charge in [-0.2, -0.15) is 5.10 Å². The number of carboxylic acids is 1. The summed E-state index contributed by atoms with van der Waals surface area (Å²) in [5, 5.41) is 12.7. The monoisotopic (exact) mass is 204 g/mol. The molecule has 1 N–H and O–H groups in total. The Labute approximate surface area is 79.9 Å². The van der Waals surface area contributed by atoms with E-state index in [-0.39, 0.29) is 10.7 Å². The van der Waals surface area contributed by atoms with Crippen LogP contribution in [0.3, 0.4) is 0 Å². The number of nitrogens with zero attached hydrogens (tertiary/aromatic N) is 2. The molecular formula is C7H9ClN2O3. The van der Waals surface area contributed by atoms with E-state index >= 15 is 0 Å². The lowest BCUT2D eigenvalue weighted by atomic mass is 10.4. The number of halogens is 1. The van der Waals surface area contributed by atoms with Crippen molar-refractivity contribution in [2.24, 2.45) is 0 Å². The van der Waals surface area contributed by atoms with Crippen LogP contribution in [0.4, 0.5) is 0 Å². The van der Waals surface area contributed by atoms with Crippen molar-refractivity contribution in [3.05, 3.63) is 16.9 Å². The molecule has 6 heteroatoms. The van der Waals surface area contributed by atoms with Crippen LogP contribution in [-0.2, 0) is 11.3 Å². The van der Waals surface area contributed by atoms with Gasteiger partial charge in [-0.25, -0.2) is 4.79 Å². The molecule has 0 aliphatic carbocycles. The summed E-state index contributed by atoms with van der Waals surface area (Å²) in [6, 6.07) is 0. The summed E-state index contributed by atoms with van der Waals surface area (Å²) in [4.78, 5) is 10.7. The number of methoxy groups -OCH3 is 1. The van der Waals surface area contributed by atoms with Crippen molar-refractivity contribution < 1.29 is 14.6 Å². The lowest BCUT2D eigenvalue weighted by Gasteiger charge is -2.02. The lowest BCUT2D eigenvalue weighted by Crippen LogP contribution is -2.13. The average Bonchev–Trinajstić information content (AvgIpc) is 2.43. The number of carboxylic acid groups (broad SMARTS) is 1. The Balaban J connectivity index is 2.87. The van der Waals surface area contributed by atoms with Gasteiger partial charge in [0, 0.05) is 7.11 Å². The number of aromatic nitrogens is 2. The van der Waals surface area contributed by atoms with Gasteiger partial charge in [-0.15, -0.1) is 0 Å². The zero-order valence-corrected chi connectivity index (χ0v) is 7.78. The highest BCUT2D eigenvalue weighted by molar-refractivity contribution is 6.33. The molecule has 0 aliphatic rings. The van der Waals surface area contributed by atoms with E-state index in [4.69, 9.17) is 21.4 Å². The predicted octanol–water partition coefficient (Wildman–Crippen LogP) is 0.881. The minimum absolute atomic E-state index is 0.00119. The van der Waals surface area contributed by atoms with Crippen molar-refractivity contribution in [2.45, 2.75) is 6.54 Å². The maximum absolute atomic E-state index is 10.7. The van der Waals surface area contributed by atoms with Gasteiger partial charge < -0.3 is 9.84 Å². The highest BCUT2D eigenvalue weighted by atomic mass is 35.5. The van der Waals surface area contributed by atoms with Crippen LogP contribution in [-0.4, -0.2) is 34.6 Å². The fourth-order valence-corrected chi connectivity index (χ4v) is 1.14. The minimum atomic E-state index is -1.08. The molecule has 1 rings (SSSR count). The number of carbonyl (C=O) groups is 1. The van der Waals surface area contributed by atoms with Crippen LogP contribution in [0.1, 0.15) is 10.5 Å². The first-order valence-electron chi connectivity index (χ1n) is 3.60. The van der Waals surface area contributed by atoms with Gasteiger partial charge in [0.1, 0.15) is 0 Å². The molecule has 0 amide bonds. The second-order valence-corrected chi connectivity index (χ2v) is 2.77. The summed E-state index contributed by atoms with van der Waals surface area (Å²) in [5.74, 6) is -1.08. The Morgan fingerprint density at radius 3 is 3.08 bits per heavy atom. The van der Waals surface area contributed by atoms with E-state index in [9.17, 15) is 4.79 Å². The standard InChI is InChI=1S/C7H9ClN2O3/c1-13-3-2-10-6(7(11)12)5(8)4-9-10/h4H,2-3H2,1H3,(H,11,12). The number of hydrogen-bond acceptors (Lipinski definition) is 3. The quantitative estimate of drug-likeness (QED) is 0.791. The molecule has 0 bridgehead atoms. The number of rotatable bonds is 4. The fraction of sp³-hybridized carbons (Fsp3) is 0.429. The molecule has 0 saturated heterocycles. The summed E-state index contributed by atoms with van der Waals surface area (Å²) in [7, 11) is 1.53. The molecular weight excluding hydrogens is 196 g/mol. The van der Waals surface area contributed by atoms with Crippen molar-refractivity contribution in [1.82, 2.24) is 9.78 Å². The average molecular weight is 205 g/mol. The Kier molecular flexibility index (Phi) is 3.27. The normalized spacial score (nSPS) is 10.3. The van der Waals surface area contributed by atoms with Gasteiger partial charge >= 0.3 is 5.97 Å². The van der Waals surface area contributed by atoms with E-state index in [2.05, 4.69) is 5.10 Å². The maximum atomic E-state index is 10.7. The van der Waals surface area contributed by atoms with Gasteiger partial charge in [0.15, 0.2) is 5.69 Å². The zero-order chi connectivity index (χ0) is 9.84. The Morgan fingerprint density at radius 2 is 2.54 bits per heavy atom. The molecule has 0 radical (unpaired) electrons. The number of aromatic carboxylic acids is 1. The van der Waals surface area contributed by atoms with E-state index in [0.717, 1.165) is 0 Å². The van der Waals surface area contributed by atoms with Crippen LogP contribution < -0.4 is 0 Å². The highest BCUT2D eigenvalue weighted by Crippen LogP contribution is 2.14. The van der Waals surface area contributed by atoms with Gasteiger partial charge in [-0.3, -0.25) is 4.68 Å². The Bertz CT molecular complexity index is 311. The smallest absolute Gasteiger partial charge is 0.355 e. The van der Waals surface area contributed by atoms with Crippen molar-refractivity contribution in [3.8, 4) is 0 Å². The molecule has 0 saturated carbocycles. The van der Waals surface area contributed by atoms with E-state index in [0.29, 0.717) is 13.2 Å². The van der Waals surface area contributed by atoms with Crippen molar-refractivity contribution >= 4 is 17.6 Å². The molecule has 5 nitrogen and oxygen atoms in total. The molecule has 72 valence electrons. The molecule has 1 aromatic heterocycles. The molecule has 0 fully saturated rings. The summed E-state index contributed by atoms with van der Waals surface area (Å²) in [6.07, 6.45) is 1.31. The third-order valence-corrected chi connectivity index (χ3v) is 1.78. The van der Waals surface area contributed by atoms with Crippen molar-refractivity contribution in [1.29, 1.82) is 0 Å². The second-order valence-electron chi connectivity index (χ2n) is 2.36. The van der Waals surface area contributed by atoms with E-state index in [1.54, 1.807) is 0 Å². The van der Waals surface area contributed by atoms with Crippen LogP contribution >= 0.6 is 11.6 Å². The van der Waals surface area contributed by atoms with Gasteiger partial charge in [0.2, 0.25) is 0 Å². The SMILES string of the molecule is COCCn1ncc(Cl)c1C(=O)O. The van der Waals surface area contributed by atoms with Crippen LogP contribution in [0.2, 0.25) is 5.02 Å². The van der Waals surface area contributed by atoms with Crippen LogP contribution in [0.15, 0.2) is 6.20 Å². The topological polar surface area (TPSA) is 64.4 Å². The first-order chi connectivity index (χ1) is 6.16. The third-order valence-electron chi connectivity index (χ3n) is 1.50. The Morgan fingerprint density at radius 1 is 1.85 bits per heavy atom. The molecule has 0 aliphatic heterocycles. The highest BCUT2D eigenvalue weighted by Gasteiger charge is 2.15. The van der Waals surface area contributed by atoms with Gasteiger partial charge in [0.25, 0.3) is 0 Å². The van der Waals surface area contributed by atoms with Crippen molar-refractivity contribution in [3.63, 3.8) is 0 Å². The van der Waals surface area contributed by atoms with E-state index < -0.39 is 5.97 Å².